The average molecular weight is 516 g/mol. The van der Waals surface area contributed by atoms with Gasteiger partial charge in [-0.3, -0.25) is 14.3 Å². The molecule has 0 saturated carbocycles. The molecule has 13 heteroatoms. The molecular formula is C20H16BrF2N9O. The lowest BCUT2D eigenvalue weighted by atomic mass is 10.2. The fourth-order valence-electron chi connectivity index (χ4n) is 2.92. The molecule has 0 aliphatic carbocycles. The van der Waals surface area contributed by atoms with Gasteiger partial charge in [0.05, 0.1) is 23.5 Å². The number of aryl methyl sites for hydroxylation is 1. The highest BCUT2D eigenvalue weighted by Crippen LogP contribution is 2.23. The molecule has 3 aromatic heterocycles. The maximum Gasteiger partial charge on any atom is 0.267 e. The van der Waals surface area contributed by atoms with Crippen LogP contribution in [0.5, 0.6) is 0 Å². The van der Waals surface area contributed by atoms with Crippen molar-refractivity contribution in [2.24, 2.45) is 0 Å². The second-order valence-corrected chi connectivity index (χ2v) is 7.33. The number of halogens is 3. The van der Waals surface area contributed by atoms with Crippen LogP contribution in [0, 0.1) is 23.0 Å². The molecule has 0 aliphatic heterocycles. The number of nitrogens with two attached hydrogens (primary N) is 3. The van der Waals surface area contributed by atoms with Crippen molar-refractivity contribution in [3.05, 3.63) is 68.4 Å². The van der Waals surface area contributed by atoms with Crippen molar-refractivity contribution in [1.29, 1.82) is 5.26 Å². The summed E-state index contributed by atoms with van der Waals surface area (Å²) in [6.07, 6.45) is 2.79. The quantitative estimate of drug-likeness (QED) is 0.361. The van der Waals surface area contributed by atoms with Gasteiger partial charge in [-0.25, -0.2) is 13.8 Å². The van der Waals surface area contributed by atoms with Gasteiger partial charge in [-0.15, -0.1) is 0 Å². The van der Waals surface area contributed by atoms with E-state index in [1.54, 1.807) is 13.0 Å². The monoisotopic (exact) mass is 515 g/mol. The summed E-state index contributed by atoms with van der Waals surface area (Å²) in [4.78, 5) is 27.8. The lowest BCUT2D eigenvalue weighted by Crippen LogP contribution is -2.24. The molecule has 1 aromatic carbocycles. The van der Waals surface area contributed by atoms with Crippen LogP contribution < -0.4 is 22.8 Å². The van der Waals surface area contributed by atoms with Gasteiger partial charge in [0.2, 0.25) is 5.95 Å². The van der Waals surface area contributed by atoms with Gasteiger partial charge in [0.25, 0.3) is 5.56 Å². The Morgan fingerprint density at radius 1 is 1.12 bits per heavy atom. The molecule has 4 aromatic rings. The number of nitrogen functional groups attached to an aromatic ring is 3. The normalized spacial score (nSPS) is 10.4. The van der Waals surface area contributed by atoms with E-state index in [1.807, 2.05) is 0 Å². The SMILES string of the molecule is CCc1nc2c(F)ccc(Br)c2c(=O)n1-c1cncc(F)c1.N#Cc1c(N)nc(N)nc1N. The third kappa shape index (κ3) is 4.70. The number of pyridine rings is 1. The number of fused-ring (bicyclic) bond motifs is 1. The Hall–Kier alpha value is -4.18. The van der Waals surface area contributed by atoms with E-state index in [2.05, 4.69) is 35.9 Å². The number of nitrogens with zero attached hydrogens (tertiary/aromatic N) is 6. The van der Waals surface area contributed by atoms with Crippen LogP contribution in [-0.4, -0.2) is 24.5 Å². The molecule has 0 aliphatic rings. The first-order chi connectivity index (χ1) is 15.7. The zero-order valence-electron chi connectivity index (χ0n) is 17.1. The van der Waals surface area contributed by atoms with Gasteiger partial charge in [-0.1, -0.05) is 6.92 Å². The third-order valence-corrected chi connectivity index (χ3v) is 5.01. The van der Waals surface area contributed by atoms with Crippen molar-refractivity contribution in [2.75, 3.05) is 17.2 Å². The first-order valence-electron chi connectivity index (χ1n) is 9.27. The lowest BCUT2D eigenvalue weighted by Gasteiger charge is -2.13. The zero-order chi connectivity index (χ0) is 24.3. The first kappa shape index (κ1) is 23.5. The van der Waals surface area contributed by atoms with Crippen LogP contribution in [-0.2, 0) is 6.42 Å². The van der Waals surface area contributed by atoms with E-state index in [0.29, 0.717) is 16.7 Å². The molecule has 0 atom stereocenters. The molecule has 0 saturated heterocycles. The number of aromatic nitrogens is 5. The maximum atomic E-state index is 14.0. The summed E-state index contributed by atoms with van der Waals surface area (Å²) in [7, 11) is 0. The van der Waals surface area contributed by atoms with Crippen molar-refractivity contribution in [2.45, 2.75) is 13.3 Å². The van der Waals surface area contributed by atoms with E-state index in [1.165, 1.54) is 29.0 Å². The highest BCUT2D eigenvalue weighted by molar-refractivity contribution is 9.10. The molecule has 3 heterocycles. The summed E-state index contributed by atoms with van der Waals surface area (Å²) in [5.74, 6) is -0.810. The zero-order valence-corrected chi connectivity index (χ0v) is 18.6. The smallest absolute Gasteiger partial charge is 0.267 e. The lowest BCUT2D eigenvalue weighted by molar-refractivity contribution is 0.618. The Bertz CT molecular complexity index is 1440. The Morgan fingerprint density at radius 3 is 2.36 bits per heavy atom. The highest BCUT2D eigenvalue weighted by Gasteiger charge is 2.17. The van der Waals surface area contributed by atoms with Crippen molar-refractivity contribution >= 4 is 44.4 Å². The molecule has 0 spiro atoms. The number of rotatable bonds is 2. The summed E-state index contributed by atoms with van der Waals surface area (Å²) >= 11 is 3.24. The molecule has 6 N–H and O–H groups in total. The molecule has 0 fully saturated rings. The molecule has 168 valence electrons. The molecule has 0 amide bonds. The molecular weight excluding hydrogens is 500 g/mol. The van der Waals surface area contributed by atoms with Gasteiger partial charge in [0.1, 0.15) is 46.2 Å². The van der Waals surface area contributed by atoms with Crippen LogP contribution >= 0.6 is 15.9 Å². The van der Waals surface area contributed by atoms with Gasteiger partial charge in [-0.05, 0) is 28.1 Å². The van der Waals surface area contributed by atoms with Crippen LogP contribution in [0.4, 0.5) is 26.4 Å². The minimum Gasteiger partial charge on any atom is -0.382 e. The summed E-state index contributed by atoms with van der Waals surface area (Å²) in [5, 5.41) is 8.57. The van der Waals surface area contributed by atoms with E-state index < -0.39 is 17.2 Å². The minimum absolute atomic E-state index is 0.00293. The van der Waals surface area contributed by atoms with Gasteiger partial charge in [0, 0.05) is 17.0 Å². The summed E-state index contributed by atoms with van der Waals surface area (Å²) in [5.41, 5.74) is 15.6. The standard InChI is InChI=1S/C15H10BrF2N3O.C5H6N6/c1-2-12-20-14-11(18)4-3-10(16)13(14)15(22)21(12)9-5-8(17)6-19-7-9;6-1-2-3(7)10-5(9)11-4(2)8/h3-7H,2H2,1H3;(H6,7,8,9,10,11). The number of hydrogen-bond donors (Lipinski definition) is 3. The van der Waals surface area contributed by atoms with Gasteiger partial charge < -0.3 is 17.2 Å². The first-order valence-corrected chi connectivity index (χ1v) is 10.1. The fraction of sp³-hybridized carbons (Fsp3) is 0.100. The second-order valence-electron chi connectivity index (χ2n) is 6.48. The van der Waals surface area contributed by atoms with Crippen LogP contribution in [0.1, 0.15) is 18.3 Å². The summed E-state index contributed by atoms with van der Waals surface area (Å²) in [6.45, 7) is 1.78. The predicted molar refractivity (Wildman–Crippen MR) is 122 cm³/mol. The average Bonchev–Trinajstić information content (AvgIpc) is 2.76. The van der Waals surface area contributed by atoms with Crippen molar-refractivity contribution < 1.29 is 8.78 Å². The number of hydrogen-bond acceptors (Lipinski definition) is 9. The summed E-state index contributed by atoms with van der Waals surface area (Å²) < 4.78 is 29.1. The second kappa shape index (κ2) is 9.53. The predicted octanol–water partition coefficient (Wildman–Crippen LogP) is 2.48. The topological polar surface area (TPSA) is 175 Å². The third-order valence-electron chi connectivity index (χ3n) is 4.35. The minimum atomic E-state index is -0.575. The van der Waals surface area contributed by atoms with E-state index >= 15 is 0 Å². The largest absolute Gasteiger partial charge is 0.382 e. The number of benzene rings is 1. The Labute approximate surface area is 193 Å². The Morgan fingerprint density at radius 2 is 1.79 bits per heavy atom. The molecule has 0 bridgehead atoms. The van der Waals surface area contributed by atoms with Gasteiger partial charge in [0.15, 0.2) is 0 Å². The Balaban J connectivity index is 0.000000235. The molecule has 4 rings (SSSR count). The van der Waals surface area contributed by atoms with Crippen LogP contribution in [0.15, 0.2) is 39.9 Å². The van der Waals surface area contributed by atoms with E-state index in [-0.39, 0.29) is 39.7 Å². The van der Waals surface area contributed by atoms with Gasteiger partial charge >= 0.3 is 0 Å². The van der Waals surface area contributed by atoms with Crippen LogP contribution in [0.2, 0.25) is 0 Å². The fourth-order valence-corrected chi connectivity index (χ4v) is 3.41. The van der Waals surface area contributed by atoms with E-state index in [4.69, 9.17) is 22.5 Å². The van der Waals surface area contributed by atoms with Crippen LogP contribution in [0.3, 0.4) is 0 Å². The Kier molecular flexibility index (Phi) is 6.78. The van der Waals surface area contributed by atoms with Gasteiger partial charge in [-0.2, -0.15) is 15.2 Å². The molecule has 0 unspecified atom stereocenters. The number of nitriles is 1. The van der Waals surface area contributed by atoms with Crippen molar-refractivity contribution in [3.8, 4) is 11.8 Å². The van der Waals surface area contributed by atoms with E-state index in [0.717, 1.165) is 6.20 Å². The van der Waals surface area contributed by atoms with Crippen LogP contribution in [0.25, 0.3) is 16.6 Å². The van der Waals surface area contributed by atoms with Crippen molar-refractivity contribution in [1.82, 2.24) is 24.5 Å². The highest BCUT2D eigenvalue weighted by atomic mass is 79.9. The molecule has 0 radical (unpaired) electrons. The maximum absolute atomic E-state index is 14.0. The number of anilines is 3. The van der Waals surface area contributed by atoms with E-state index in [9.17, 15) is 13.6 Å². The molecule has 10 nitrogen and oxygen atoms in total. The molecule has 33 heavy (non-hydrogen) atoms. The van der Waals surface area contributed by atoms with Crippen molar-refractivity contribution in [3.63, 3.8) is 0 Å². The summed E-state index contributed by atoms with van der Waals surface area (Å²) in [6, 6.07) is 5.64.